The maximum absolute atomic E-state index is 11.3. The number of unbranched alkanes of at least 4 members (excludes halogenated alkanes) is 2. The van der Waals surface area contributed by atoms with Gasteiger partial charge in [-0.25, -0.2) is 0 Å². The van der Waals surface area contributed by atoms with Crippen molar-refractivity contribution in [3.8, 4) is 0 Å². The fourth-order valence-electron chi connectivity index (χ4n) is 1.82. The average Bonchev–Trinajstić information content (AvgIpc) is 2.37. The van der Waals surface area contributed by atoms with Gasteiger partial charge in [-0.15, -0.1) is 0 Å². The van der Waals surface area contributed by atoms with Crippen LogP contribution in [0.5, 0.6) is 0 Å². The number of carboxylic acid groups (broad SMARTS) is 1. The molecule has 5 nitrogen and oxygen atoms in total. The highest BCUT2D eigenvalue weighted by Crippen LogP contribution is 2.12. The van der Waals surface area contributed by atoms with E-state index in [9.17, 15) is 9.59 Å². The zero-order chi connectivity index (χ0) is 14.1. The molecule has 0 radical (unpaired) electrons. The Labute approximate surface area is 112 Å². The summed E-state index contributed by atoms with van der Waals surface area (Å²) in [4.78, 5) is 21.7. The van der Waals surface area contributed by atoms with Crippen LogP contribution in [0.1, 0.15) is 32.1 Å². The van der Waals surface area contributed by atoms with Crippen molar-refractivity contribution in [1.29, 1.82) is 0 Å². The summed E-state index contributed by atoms with van der Waals surface area (Å²) in [6.45, 7) is 0. The zero-order valence-electron chi connectivity index (χ0n) is 10.8. The van der Waals surface area contributed by atoms with Crippen LogP contribution in [0.4, 0.5) is 5.69 Å². The van der Waals surface area contributed by atoms with Gasteiger partial charge in [-0.1, -0.05) is 31.0 Å². The standard InChI is InChI=1S/C14H20N2O3/c15-14(19)12(9-5-2-6-10-13(17)18)16-11-7-3-1-4-8-11/h1,3-4,7-8,12,16H,2,5-6,9-10H2,(H2,15,19)(H,17,18)/t12-/m0/s1. The number of benzene rings is 1. The number of primary amides is 1. The molecule has 0 unspecified atom stereocenters. The number of nitrogens with two attached hydrogens (primary N) is 1. The third-order valence-electron chi connectivity index (χ3n) is 2.84. The van der Waals surface area contributed by atoms with Gasteiger partial charge < -0.3 is 16.2 Å². The Morgan fingerprint density at radius 3 is 2.42 bits per heavy atom. The SMILES string of the molecule is NC(=O)[C@H](CCCCCC(=O)O)Nc1ccccc1. The van der Waals surface area contributed by atoms with E-state index in [1.807, 2.05) is 30.3 Å². The Bertz CT molecular complexity index is 406. The number of carbonyl (C=O) groups is 2. The van der Waals surface area contributed by atoms with Gasteiger partial charge in [-0.05, 0) is 25.0 Å². The molecular formula is C14H20N2O3. The minimum Gasteiger partial charge on any atom is -0.481 e. The molecule has 0 heterocycles. The summed E-state index contributed by atoms with van der Waals surface area (Å²) in [5.41, 5.74) is 6.21. The van der Waals surface area contributed by atoms with Crippen LogP contribution < -0.4 is 11.1 Å². The molecule has 1 atom stereocenters. The summed E-state index contributed by atoms with van der Waals surface area (Å²) in [5.74, 6) is -1.17. The molecule has 19 heavy (non-hydrogen) atoms. The third kappa shape index (κ3) is 6.45. The van der Waals surface area contributed by atoms with Crippen LogP contribution in [0, 0.1) is 0 Å². The van der Waals surface area contributed by atoms with Crippen molar-refractivity contribution in [3.63, 3.8) is 0 Å². The lowest BCUT2D eigenvalue weighted by atomic mass is 10.1. The number of carbonyl (C=O) groups excluding carboxylic acids is 1. The number of amides is 1. The second-order valence-electron chi connectivity index (χ2n) is 4.46. The van der Waals surface area contributed by atoms with E-state index in [2.05, 4.69) is 5.32 Å². The first-order chi connectivity index (χ1) is 9.09. The molecule has 0 aliphatic carbocycles. The van der Waals surface area contributed by atoms with Gasteiger partial charge in [-0.3, -0.25) is 9.59 Å². The lowest BCUT2D eigenvalue weighted by Crippen LogP contribution is -2.35. The van der Waals surface area contributed by atoms with E-state index in [4.69, 9.17) is 10.8 Å². The lowest BCUT2D eigenvalue weighted by molar-refractivity contribution is -0.137. The monoisotopic (exact) mass is 264 g/mol. The highest BCUT2D eigenvalue weighted by molar-refractivity contribution is 5.82. The summed E-state index contributed by atoms with van der Waals surface area (Å²) in [6.07, 6.45) is 2.98. The summed E-state index contributed by atoms with van der Waals surface area (Å²) in [6, 6.07) is 9.00. The summed E-state index contributed by atoms with van der Waals surface area (Å²) < 4.78 is 0. The summed E-state index contributed by atoms with van der Waals surface area (Å²) in [7, 11) is 0. The number of nitrogens with one attached hydrogen (secondary N) is 1. The van der Waals surface area contributed by atoms with Gasteiger partial charge in [0.2, 0.25) is 5.91 Å². The van der Waals surface area contributed by atoms with Gasteiger partial charge in [0.15, 0.2) is 0 Å². The number of rotatable bonds is 9. The van der Waals surface area contributed by atoms with E-state index in [-0.39, 0.29) is 12.3 Å². The van der Waals surface area contributed by atoms with E-state index >= 15 is 0 Å². The first kappa shape index (κ1) is 15.0. The van der Waals surface area contributed by atoms with Crippen molar-refractivity contribution < 1.29 is 14.7 Å². The molecule has 0 aliphatic heterocycles. The average molecular weight is 264 g/mol. The van der Waals surface area contributed by atoms with Gasteiger partial charge in [-0.2, -0.15) is 0 Å². The van der Waals surface area contributed by atoms with Crippen LogP contribution in [0.2, 0.25) is 0 Å². The molecule has 1 amide bonds. The Hall–Kier alpha value is -2.04. The van der Waals surface area contributed by atoms with Gasteiger partial charge in [0.25, 0.3) is 0 Å². The van der Waals surface area contributed by atoms with Crippen molar-refractivity contribution in [3.05, 3.63) is 30.3 Å². The first-order valence-corrected chi connectivity index (χ1v) is 6.42. The molecule has 1 aromatic rings. The van der Waals surface area contributed by atoms with Crippen LogP contribution >= 0.6 is 0 Å². The second-order valence-corrected chi connectivity index (χ2v) is 4.46. The molecule has 0 aromatic heterocycles. The molecule has 104 valence electrons. The van der Waals surface area contributed by atoms with E-state index in [1.165, 1.54) is 0 Å². The van der Waals surface area contributed by atoms with Gasteiger partial charge in [0.05, 0.1) is 0 Å². The van der Waals surface area contributed by atoms with E-state index in [1.54, 1.807) is 0 Å². The van der Waals surface area contributed by atoms with Crippen LogP contribution in [0.25, 0.3) is 0 Å². The Morgan fingerprint density at radius 2 is 1.84 bits per heavy atom. The predicted octanol–water partition coefficient (Wildman–Crippen LogP) is 1.99. The maximum atomic E-state index is 11.3. The maximum Gasteiger partial charge on any atom is 0.303 e. The quantitative estimate of drug-likeness (QED) is 0.595. The highest BCUT2D eigenvalue weighted by Gasteiger charge is 2.14. The Morgan fingerprint density at radius 1 is 1.16 bits per heavy atom. The molecular weight excluding hydrogens is 244 g/mol. The van der Waals surface area contributed by atoms with Crippen molar-refractivity contribution in [2.24, 2.45) is 5.73 Å². The highest BCUT2D eigenvalue weighted by atomic mass is 16.4. The van der Waals surface area contributed by atoms with Crippen LogP contribution in [0.15, 0.2) is 30.3 Å². The fourth-order valence-corrected chi connectivity index (χ4v) is 1.82. The molecule has 4 N–H and O–H groups in total. The minimum absolute atomic E-state index is 0.174. The molecule has 1 rings (SSSR count). The summed E-state index contributed by atoms with van der Waals surface area (Å²) >= 11 is 0. The molecule has 0 fully saturated rings. The topological polar surface area (TPSA) is 92.4 Å². The van der Waals surface area contributed by atoms with Crippen molar-refractivity contribution in [2.45, 2.75) is 38.1 Å². The van der Waals surface area contributed by atoms with E-state index in [0.717, 1.165) is 18.5 Å². The minimum atomic E-state index is -0.783. The Balaban J connectivity index is 2.33. The van der Waals surface area contributed by atoms with Gasteiger partial charge in [0.1, 0.15) is 6.04 Å². The van der Waals surface area contributed by atoms with E-state index in [0.29, 0.717) is 12.8 Å². The van der Waals surface area contributed by atoms with Crippen molar-refractivity contribution in [2.75, 3.05) is 5.32 Å². The normalized spacial score (nSPS) is 11.8. The van der Waals surface area contributed by atoms with E-state index < -0.39 is 12.0 Å². The predicted molar refractivity (Wildman–Crippen MR) is 73.8 cm³/mol. The van der Waals surface area contributed by atoms with Crippen LogP contribution in [0.3, 0.4) is 0 Å². The molecule has 0 spiro atoms. The molecule has 0 bridgehead atoms. The second kappa shape index (κ2) is 8.13. The molecule has 0 saturated heterocycles. The molecule has 0 saturated carbocycles. The van der Waals surface area contributed by atoms with Crippen molar-refractivity contribution >= 4 is 17.6 Å². The summed E-state index contributed by atoms with van der Waals surface area (Å²) in [5, 5.41) is 11.6. The number of aliphatic carboxylic acids is 1. The molecule has 1 aromatic carbocycles. The number of hydrogen-bond donors (Lipinski definition) is 3. The fraction of sp³-hybridized carbons (Fsp3) is 0.429. The van der Waals surface area contributed by atoms with Crippen LogP contribution in [-0.4, -0.2) is 23.0 Å². The van der Waals surface area contributed by atoms with Gasteiger partial charge >= 0.3 is 5.97 Å². The van der Waals surface area contributed by atoms with Gasteiger partial charge in [0, 0.05) is 12.1 Å². The molecule has 0 aliphatic rings. The number of anilines is 1. The molecule has 5 heteroatoms. The smallest absolute Gasteiger partial charge is 0.303 e. The third-order valence-corrected chi connectivity index (χ3v) is 2.84. The number of carboxylic acids is 1. The van der Waals surface area contributed by atoms with Crippen LogP contribution in [-0.2, 0) is 9.59 Å². The number of para-hydroxylation sites is 1. The van der Waals surface area contributed by atoms with Crippen molar-refractivity contribution in [1.82, 2.24) is 0 Å². The zero-order valence-corrected chi connectivity index (χ0v) is 10.8. The lowest BCUT2D eigenvalue weighted by Gasteiger charge is -2.16. The Kier molecular flexibility index (Phi) is 6.43. The first-order valence-electron chi connectivity index (χ1n) is 6.42. The number of hydrogen-bond acceptors (Lipinski definition) is 3. The largest absolute Gasteiger partial charge is 0.481 e.